The van der Waals surface area contributed by atoms with Crippen LogP contribution in [0.1, 0.15) is 47.8 Å². The molecular formula is C27H23ClN8. The van der Waals surface area contributed by atoms with Crippen molar-refractivity contribution in [2.24, 2.45) is 0 Å². The van der Waals surface area contributed by atoms with Crippen molar-refractivity contribution < 1.29 is 0 Å². The van der Waals surface area contributed by atoms with E-state index in [1.54, 1.807) is 24.8 Å². The molecule has 0 radical (unpaired) electrons. The summed E-state index contributed by atoms with van der Waals surface area (Å²) in [6, 6.07) is 19.8. The lowest BCUT2D eigenvalue weighted by Gasteiger charge is -2.22. The molecule has 0 aliphatic rings. The van der Waals surface area contributed by atoms with Crippen LogP contribution in [0.25, 0.3) is 10.9 Å². The lowest BCUT2D eigenvalue weighted by Crippen LogP contribution is -2.14. The Hall–Kier alpha value is -4.48. The van der Waals surface area contributed by atoms with E-state index < -0.39 is 0 Å². The number of aromatic amines is 1. The van der Waals surface area contributed by atoms with E-state index in [-0.39, 0.29) is 12.1 Å². The second-order valence-electron chi connectivity index (χ2n) is 8.29. The standard InChI is InChI=1S/C27H23ClN8/c1-2-23(17-7-4-3-5-8-17)34-25-19(13-29)15-31-27-21(25)11-20(12-22(27)28)33-26(24-16-32-36-35-24)18-9-6-10-30-14-18/h3-12,14-16,23,26,33H,2H2,1H3,(H,31,34)(H,32,35,36). The maximum Gasteiger partial charge on any atom is 0.109 e. The van der Waals surface area contributed by atoms with Crippen LogP contribution in [0.3, 0.4) is 0 Å². The molecule has 0 spiro atoms. The lowest BCUT2D eigenvalue weighted by atomic mass is 10.0. The van der Waals surface area contributed by atoms with Gasteiger partial charge < -0.3 is 10.6 Å². The molecule has 0 saturated heterocycles. The molecule has 0 fully saturated rings. The predicted molar refractivity (Wildman–Crippen MR) is 141 cm³/mol. The topological polar surface area (TPSA) is 115 Å². The number of rotatable bonds is 8. The Labute approximate surface area is 213 Å². The molecule has 3 heterocycles. The molecule has 2 unspecified atom stereocenters. The highest BCUT2D eigenvalue weighted by atomic mass is 35.5. The van der Waals surface area contributed by atoms with Crippen LogP contribution in [0.2, 0.25) is 5.02 Å². The molecule has 0 amide bonds. The molecule has 8 nitrogen and oxygen atoms in total. The van der Waals surface area contributed by atoms with Gasteiger partial charge in [0.1, 0.15) is 11.8 Å². The Bertz CT molecular complexity index is 1500. The van der Waals surface area contributed by atoms with Gasteiger partial charge in [-0.1, -0.05) is 54.9 Å². The number of nitrogens with one attached hydrogen (secondary N) is 3. The molecule has 3 N–H and O–H groups in total. The van der Waals surface area contributed by atoms with Crippen LogP contribution in [-0.4, -0.2) is 25.4 Å². The number of aromatic nitrogens is 5. The number of hydrogen-bond acceptors (Lipinski definition) is 7. The molecule has 0 aliphatic heterocycles. The third kappa shape index (κ3) is 4.69. The first-order valence-corrected chi connectivity index (χ1v) is 11.9. The monoisotopic (exact) mass is 494 g/mol. The molecule has 178 valence electrons. The second-order valence-corrected chi connectivity index (χ2v) is 8.69. The number of halogens is 1. The smallest absolute Gasteiger partial charge is 0.109 e. The molecular weight excluding hydrogens is 472 g/mol. The van der Waals surface area contributed by atoms with Crippen molar-refractivity contribution in [3.8, 4) is 6.07 Å². The van der Waals surface area contributed by atoms with Crippen molar-refractivity contribution in [2.75, 3.05) is 10.6 Å². The highest BCUT2D eigenvalue weighted by Gasteiger charge is 2.20. The Morgan fingerprint density at radius 3 is 2.56 bits per heavy atom. The van der Waals surface area contributed by atoms with E-state index in [4.69, 9.17) is 11.6 Å². The number of pyridine rings is 2. The summed E-state index contributed by atoms with van der Waals surface area (Å²) in [6.45, 7) is 2.11. The first-order chi connectivity index (χ1) is 17.7. The van der Waals surface area contributed by atoms with Crippen LogP contribution in [0, 0.1) is 11.3 Å². The van der Waals surface area contributed by atoms with E-state index in [1.165, 1.54) is 0 Å². The number of hydrogen-bond donors (Lipinski definition) is 3. The van der Waals surface area contributed by atoms with Crippen LogP contribution in [0.5, 0.6) is 0 Å². The zero-order valence-corrected chi connectivity index (χ0v) is 20.2. The summed E-state index contributed by atoms with van der Waals surface area (Å²) in [6.07, 6.45) is 7.57. The summed E-state index contributed by atoms with van der Waals surface area (Å²) in [5, 5.41) is 29.1. The number of nitriles is 1. The minimum atomic E-state index is -0.317. The van der Waals surface area contributed by atoms with Crippen LogP contribution >= 0.6 is 11.6 Å². The summed E-state index contributed by atoms with van der Waals surface area (Å²) in [4.78, 5) is 8.74. The van der Waals surface area contributed by atoms with Gasteiger partial charge in [0.25, 0.3) is 0 Å². The second kappa shape index (κ2) is 10.4. The van der Waals surface area contributed by atoms with Gasteiger partial charge in [-0.2, -0.15) is 20.7 Å². The maximum absolute atomic E-state index is 9.89. The van der Waals surface area contributed by atoms with Gasteiger partial charge in [0.05, 0.1) is 40.1 Å². The van der Waals surface area contributed by atoms with E-state index in [9.17, 15) is 5.26 Å². The summed E-state index contributed by atoms with van der Waals surface area (Å²) < 4.78 is 0. The summed E-state index contributed by atoms with van der Waals surface area (Å²) in [5.41, 5.74) is 5.27. The quantitative estimate of drug-likeness (QED) is 0.241. The van der Waals surface area contributed by atoms with Gasteiger partial charge in [0.15, 0.2) is 0 Å². The van der Waals surface area contributed by atoms with Crippen molar-refractivity contribution in [2.45, 2.75) is 25.4 Å². The van der Waals surface area contributed by atoms with Gasteiger partial charge in [0, 0.05) is 29.7 Å². The van der Waals surface area contributed by atoms with Gasteiger partial charge in [0.2, 0.25) is 0 Å². The van der Waals surface area contributed by atoms with Gasteiger partial charge in [-0.05, 0) is 35.7 Å². The van der Waals surface area contributed by atoms with Gasteiger partial charge in [-0.25, -0.2) is 0 Å². The molecule has 2 aromatic carbocycles. The molecule has 0 aliphatic carbocycles. The van der Waals surface area contributed by atoms with E-state index in [0.29, 0.717) is 27.5 Å². The highest BCUT2D eigenvalue weighted by Crippen LogP contribution is 2.37. The SMILES string of the molecule is CCC(Nc1c(C#N)cnc2c(Cl)cc(NC(c3cccnc3)c3cn[nH]n3)cc12)c1ccccc1. The Morgan fingerprint density at radius 1 is 1.03 bits per heavy atom. The van der Waals surface area contributed by atoms with Gasteiger partial charge >= 0.3 is 0 Å². The van der Waals surface area contributed by atoms with Gasteiger partial charge in [-0.15, -0.1) is 0 Å². The highest BCUT2D eigenvalue weighted by molar-refractivity contribution is 6.35. The van der Waals surface area contributed by atoms with E-state index in [1.807, 2.05) is 42.5 Å². The zero-order chi connectivity index (χ0) is 24.9. The van der Waals surface area contributed by atoms with Crippen molar-refractivity contribution >= 4 is 33.9 Å². The predicted octanol–water partition coefficient (Wildman–Crippen LogP) is 6.04. The van der Waals surface area contributed by atoms with Crippen molar-refractivity contribution in [1.82, 2.24) is 25.4 Å². The minimum absolute atomic E-state index is 0.0116. The first-order valence-electron chi connectivity index (χ1n) is 11.5. The summed E-state index contributed by atoms with van der Waals surface area (Å²) in [5.74, 6) is 0. The van der Waals surface area contributed by atoms with Crippen molar-refractivity contribution in [3.63, 3.8) is 0 Å². The molecule has 0 saturated carbocycles. The average molecular weight is 495 g/mol. The number of H-pyrrole nitrogens is 1. The first kappa shape index (κ1) is 23.3. The molecule has 36 heavy (non-hydrogen) atoms. The van der Waals surface area contributed by atoms with Crippen LogP contribution in [0.4, 0.5) is 11.4 Å². The van der Waals surface area contributed by atoms with Crippen LogP contribution in [0.15, 0.2) is 79.4 Å². The Morgan fingerprint density at radius 2 is 1.86 bits per heavy atom. The lowest BCUT2D eigenvalue weighted by molar-refractivity contribution is 0.750. The van der Waals surface area contributed by atoms with Crippen LogP contribution < -0.4 is 10.6 Å². The van der Waals surface area contributed by atoms with E-state index in [2.05, 4.69) is 61.1 Å². The maximum atomic E-state index is 9.89. The van der Waals surface area contributed by atoms with Crippen molar-refractivity contribution in [3.05, 3.63) is 107 Å². The summed E-state index contributed by atoms with van der Waals surface area (Å²) >= 11 is 6.71. The molecule has 3 aromatic heterocycles. The molecule has 5 aromatic rings. The number of anilines is 2. The fraction of sp³-hybridized carbons (Fsp3) is 0.148. The number of benzene rings is 2. The van der Waals surface area contributed by atoms with Crippen molar-refractivity contribution in [1.29, 1.82) is 5.26 Å². The van der Waals surface area contributed by atoms with E-state index in [0.717, 1.165) is 28.6 Å². The number of nitrogens with zero attached hydrogens (tertiary/aromatic N) is 5. The third-order valence-corrected chi connectivity index (χ3v) is 6.32. The zero-order valence-electron chi connectivity index (χ0n) is 19.5. The number of fused-ring (bicyclic) bond motifs is 1. The Kier molecular flexibility index (Phi) is 6.74. The molecule has 5 rings (SSSR count). The van der Waals surface area contributed by atoms with Crippen LogP contribution in [-0.2, 0) is 0 Å². The van der Waals surface area contributed by atoms with Gasteiger partial charge in [-0.3, -0.25) is 9.97 Å². The minimum Gasteiger partial charge on any atom is -0.377 e. The normalized spacial score (nSPS) is 12.6. The Balaban J connectivity index is 1.60. The molecule has 0 bridgehead atoms. The summed E-state index contributed by atoms with van der Waals surface area (Å²) in [7, 11) is 0. The third-order valence-electron chi connectivity index (χ3n) is 6.03. The molecule has 2 atom stereocenters. The van der Waals surface area contributed by atoms with E-state index >= 15 is 0 Å². The fourth-order valence-corrected chi connectivity index (χ4v) is 4.52. The largest absolute Gasteiger partial charge is 0.377 e. The average Bonchev–Trinajstić information content (AvgIpc) is 3.46. The molecule has 9 heteroatoms. The fourth-order valence-electron chi connectivity index (χ4n) is 4.25.